The van der Waals surface area contributed by atoms with E-state index in [1.165, 1.54) is 5.56 Å². The second kappa shape index (κ2) is 8.63. The zero-order valence-corrected chi connectivity index (χ0v) is 18.1. The molecule has 1 amide bonds. The van der Waals surface area contributed by atoms with Crippen molar-refractivity contribution in [3.05, 3.63) is 70.9 Å². The fourth-order valence-corrected chi connectivity index (χ4v) is 4.94. The van der Waals surface area contributed by atoms with E-state index in [9.17, 15) is 9.90 Å². The number of H-pyrrole nitrogens is 1. The van der Waals surface area contributed by atoms with Crippen LogP contribution in [0, 0.1) is 0 Å². The quantitative estimate of drug-likeness (QED) is 0.657. The number of hydrogen-bond donors (Lipinski definition) is 2. The first-order valence-corrected chi connectivity index (χ1v) is 11.2. The lowest BCUT2D eigenvalue weighted by atomic mass is 10.1. The van der Waals surface area contributed by atoms with E-state index in [0.29, 0.717) is 18.7 Å². The summed E-state index contributed by atoms with van der Waals surface area (Å²) >= 11 is 5.98. The van der Waals surface area contributed by atoms with Crippen molar-refractivity contribution in [3.63, 3.8) is 0 Å². The fourth-order valence-electron chi connectivity index (χ4n) is 4.81. The molecule has 0 aliphatic carbocycles. The molecule has 0 radical (unpaired) electrons. The molecule has 2 N–H and O–H groups in total. The van der Waals surface area contributed by atoms with Gasteiger partial charge in [-0.2, -0.15) is 0 Å². The van der Waals surface area contributed by atoms with Crippen molar-refractivity contribution in [1.82, 2.24) is 19.7 Å². The van der Waals surface area contributed by atoms with Gasteiger partial charge in [-0.05, 0) is 23.8 Å². The van der Waals surface area contributed by atoms with Gasteiger partial charge in [0.25, 0.3) is 5.91 Å². The summed E-state index contributed by atoms with van der Waals surface area (Å²) in [4.78, 5) is 22.9. The minimum absolute atomic E-state index is 0.00756. The number of aromatic nitrogens is 1. The maximum atomic E-state index is 13.1. The standard InChI is InChI=1S/C24H27ClN4O2/c25-18-7-5-17(6-8-18)14-27-9-11-28(12-10-27)22-15-29(16-23(22)30)24(31)20-13-26-21-4-2-1-3-19(20)21/h1-8,13,22-23,26,30H,9-12,14-16H2/t22-,23-/m1/s1. The third kappa shape index (κ3) is 4.21. The highest BCUT2D eigenvalue weighted by Crippen LogP contribution is 2.24. The summed E-state index contributed by atoms with van der Waals surface area (Å²) in [5, 5.41) is 12.4. The highest BCUT2D eigenvalue weighted by molar-refractivity contribution is 6.30. The zero-order chi connectivity index (χ0) is 21.4. The first-order valence-electron chi connectivity index (χ1n) is 10.8. The molecule has 162 valence electrons. The molecular formula is C24H27ClN4O2. The normalized spacial score (nSPS) is 23.0. The van der Waals surface area contributed by atoms with Crippen LogP contribution in [0.1, 0.15) is 15.9 Å². The van der Waals surface area contributed by atoms with Gasteiger partial charge in [-0.1, -0.05) is 41.9 Å². The first-order chi connectivity index (χ1) is 15.1. The Labute approximate surface area is 187 Å². The Hall–Kier alpha value is -2.38. The summed E-state index contributed by atoms with van der Waals surface area (Å²) in [6.07, 6.45) is 1.26. The number of halogens is 1. The molecule has 31 heavy (non-hydrogen) atoms. The molecule has 0 bridgehead atoms. The number of carbonyl (C=O) groups is 1. The maximum Gasteiger partial charge on any atom is 0.256 e. The fraction of sp³-hybridized carbons (Fsp3) is 0.375. The Balaban J connectivity index is 1.19. The van der Waals surface area contributed by atoms with Crippen LogP contribution < -0.4 is 0 Å². The SMILES string of the molecule is O=C(c1c[nH]c2ccccc12)N1C[C@@H](O)[C@H](N2CCN(Cc3ccc(Cl)cc3)CC2)C1. The molecule has 2 saturated heterocycles. The predicted octanol–water partition coefficient (Wildman–Crippen LogP) is 2.82. The van der Waals surface area contributed by atoms with E-state index >= 15 is 0 Å². The number of benzene rings is 2. The molecule has 5 rings (SSSR count). The smallest absolute Gasteiger partial charge is 0.256 e. The molecule has 6 nitrogen and oxygen atoms in total. The van der Waals surface area contributed by atoms with Crippen LogP contribution in [0.3, 0.4) is 0 Å². The van der Waals surface area contributed by atoms with Crippen LogP contribution in [0.2, 0.25) is 5.02 Å². The van der Waals surface area contributed by atoms with Gasteiger partial charge in [0.15, 0.2) is 0 Å². The van der Waals surface area contributed by atoms with Crippen molar-refractivity contribution < 1.29 is 9.90 Å². The Morgan fingerprint density at radius 3 is 2.55 bits per heavy atom. The third-order valence-corrected chi connectivity index (χ3v) is 6.81. The molecule has 0 unspecified atom stereocenters. The van der Waals surface area contributed by atoms with Crippen molar-refractivity contribution in [1.29, 1.82) is 0 Å². The minimum Gasteiger partial charge on any atom is -0.390 e. The van der Waals surface area contributed by atoms with Gasteiger partial charge < -0.3 is 15.0 Å². The zero-order valence-electron chi connectivity index (χ0n) is 17.4. The molecule has 2 aromatic carbocycles. The molecule has 7 heteroatoms. The van der Waals surface area contributed by atoms with Gasteiger partial charge in [0.1, 0.15) is 0 Å². The first kappa shape index (κ1) is 20.5. The Bertz CT molecular complexity index is 1060. The van der Waals surface area contributed by atoms with Crippen LogP contribution in [-0.2, 0) is 6.54 Å². The van der Waals surface area contributed by atoms with E-state index < -0.39 is 6.10 Å². The molecule has 1 aromatic heterocycles. The number of fused-ring (bicyclic) bond motifs is 1. The molecule has 3 heterocycles. The number of amides is 1. The summed E-state index contributed by atoms with van der Waals surface area (Å²) in [5.74, 6) is -0.0135. The number of piperazine rings is 1. The Morgan fingerprint density at radius 1 is 1.03 bits per heavy atom. The molecule has 0 saturated carbocycles. The minimum atomic E-state index is -0.517. The molecular weight excluding hydrogens is 412 g/mol. The van der Waals surface area contributed by atoms with Gasteiger partial charge in [0.05, 0.1) is 17.7 Å². The molecule has 3 aromatic rings. The van der Waals surface area contributed by atoms with Crippen molar-refractivity contribution in [2.24, 2.45) is 0 Å². The highest BCUT2D eigenvalue weighted by atomic mass is 35.5. The Kier molecular flexibility index (Phi) is 5.71. The van der Waals surface area contributed by atoms with Gasteiger partial charge >= 0.3 is 0 Å². The van der Waals surface area contributed by atoms with E-state index in [-0.39, 0.29) is 11.9 Å². The number of rotatable bonds is 4. The molecule has 0 spiro atoms. The summed E-state index contributed by atoms with van der Waals surface area (Å²) in [5.41, 5.74) is 2.89. The Morgan fingerprint density at radius 2 is 1.77 bits per heavy atom. The predicted molar refractivity (Wildman–Crippen MR) is 122 cm³/mol. The highest BCUT2D eigenvalue weighted by Gasteiger charge is 2.39. The number of β-amino-alcohol motifs (C(OH)–C–C–N with tert-alkyl or cyclic N) is 1. The van der Waals surface area contributed by atoms with E-state index in [1.807, 2.05) is 36.4 Å². The second-order valence-corrected chi connectivity index (χ2v) is 8.97. The topological polar surface area (TPSA) is 62.8 Å². The number of nitrogens with zero attached hydrogens (tertiary/aromatic N) is 3. The molecule has 2 atom stereocenters. The number of hydrogen-bond acceptors (Lipinski definition) is 4. The summed E-state index contributed by atoms with van der Waals surface area (Å²) < 4.78 is 0. The van der Waals surface area contributed by atoms with Crippen molar-refractivity contribution in [3.8, 4) is 0 Å². The van der Waals surface area contributed by atoms with Crippen LogP contribution in [-0.4, -0.2) is 82.1 Å². The van der Waals surface area contributed by atoms with E-state index in [0.717, 1.165) is 48.6 Å². The van der Waals surface area contributed by atoms with Gasteiger partial charge in [-0.3, -0.25) is 14.6 Å². The van der Waals surface area contributed by atoms with Crippen LogP contribution in [0.5, 0.6) is 0 Å². The second-order valence-electron chi connectivity index (χ2n) is 8.53. The lowest BCUT2D eigenvalue weighted by molar-refractivity contribution is 0.0423. The van der Waals surface area contributed by atoms with Crippen LogP contribution in [0.4, 0.5) is 0 Å². The number of aliphatic hydroxyl groups is 1. The molecule has 2 fully saturated rings. The van der Waals surface area contributed by atoms with E-state index in [1.54, 1.807) is 11.1 Å². The number of carbonyl (C=O) groups excluding carboxylic acids is 1. The van der Waals surface area contributed by atoms with E-state index in [4.69, 9.17) is 11.6 Å². The number of likely N-dealkylation sites (tertiary alicyclic amines) is 1. The lowest BCUT2D eigenvalue weighted by Crippen LogP contribution is -2.53. The number of aliphatic hydroxyl groups excluding tert-OH is 1. The molecule has 2 aliphatic heterocycles. The van der Waals surface area contributed by atoms with Gasteiger partial charge in [-0.15, -0.1) is 0 Å². The van der Waals surface area contributed by atoms with Gasteiger partial charge in [0, 0.05) is 67.9 Å². The largest absolute Gasteiger partial charge is 0.390 e. The number of para-hydroxylation sites is 1. The van der Waals surface area contributed by atoms with Gasteiger partial charge in [0.2, 0.25) is 0 Å². The van der Waals surface area contributed by atoms with Crippen LogP contribution in [0.25, 0.3) is 10.9 Å². The number of nitrogens with one attached hydrogen (secondary N) is 1. The molecule has 2 aliphatic rings. The average Bonchev–Trinajstić information content (AvgIpc) is 3.39. The van der Waals surface area contributed by atoms with Crippen molar-refractivity contribution >= 4 is 28.4 Å². The monoisotopic (exact) mass is 438 g/mol. The maximum absolute atomic E-state index is 13.1. The van der Waals surface area contributed by atoms with Crippen molar-refractivity contribution in [2.45, 2.75) is 18.7 Å². The average molecular weight is 439 g/mol. The summed E-state index contributed by atoms with van der Waals surface area (Å²) in [7, 11) is 0. The van der Waals surface area contributed by atoms with Crippen molar-refractivity contribution in [2.75, 3.05) is 39.3 Å². The summed E-state index contributed by atoms with van der Waals surface area (Å²) in [6.45, 7) is 5.54. The van der Waals surface area contributed by atoms with Gasteiger partial charge in [-0.25, -0.2) is 0 Å². The number of aromatic amines is 1. The van der Waals surface area contributed by atoms with Crippen LogP contribution in [0.15, 0.2) is 54.7 Å². The third-order valence-electron chi connectivity index (χ3n) is 6.56. The van der Waals surface area contributed by atoms with Crippen LogP contribution >= 0.6 is 11.6 Å². The van der Waals surface area contributed by atoms with E-state index in [2.05, 4.69) is 26.9 Å². The lowest BCUT2D eigenvalue weighted by Gasteiger charge is -2.38. The summed E-state index contributed by atoms with van der Waals surface area (Å²) in [6, 6.07) is 15.8.